The number of carboxylic acid groups (broad SMARTS) is 1. The first kappa shape index (κ1) is 13.9. The molecule has 0 aliphatic carbocycles. The highest BCUT2D eigenvalue weighted by atomic mass is 16.5. The Morgan fingerprint density at radius 3 is 2.47 bits per heavy atom. The number of carbonyl (C=O) groups is 1. The van der Waals surface area contributed by atoms with Gasteiger partial charge in [0.1, 0.15) is 6.61 Å². The lowest BCUT2D eigenvalue weighted by atomic mass is 10.1. The van der Waals surface area contributed by atoms with Gasteiger partial charge >= 0.3 is 5.97 Å². The molecule has 0 aromatic rings. The van der Waals surface area contributed by atoms with Crippen molar-refractivity contribution < 1.29 is 14.6 Å². The van der Waals surface area contributed by atoms with E-state index in [4.69, 9.17) is 9.84 Å². The summed E-state index contributed by atoms with van der Waals surface area (Å²) < 4.78 is 4.90. The zero-order valence-electron chi connectivity index (χ0n) is 9.75. The molecule has 0 heterocycles. The number of rotatable bonds is 7. The van der Waals surface area contributed by atoms with Crippen molar-refractivity contribution in [3.63, 3.8) is 0 Å². The van der Waals surface area contributed by atoms with E-state index in [0.717, 1.165) is 12.8 Å². The molecule has 3 nitrogen and oxygen atoms in total. The van der Waals surface area contributed by atoms with Crippen LogP contribution in [0.3, 0.4) is 0 Å². The van der Waals surface area contributed by atoms with Crippen molar-refractivity contribution in [3.8, 4) is 0 Å². The normalized spacial score (nSPS) is 11.3. The van der Waals surface area contributed by atoms with E-state index in [1.807, 2.05) is 13.0 Å². The maximum Gasteiger partial charge on any atom is 0.329 e. The lowest BCUT2D eigenvalue weighted by Gasteiger charge is -2.00. The third-order valence-electron chi connectivity index (χ3n) is 1.87. The molecule has 3 heteroatoms. The summed E-state index contributed by atoms with van der Waals surface area (Å²) in [5.74, 6) is -0.925. The smallest absolute Gasteiger partial charge is 0.329 e. The van der Waals surface area contributed by atoms with Gasteiger partial charge in [-0.1, -0.05) is 23.3 Å². The van der Waals surface area contributed by atoms with Gasteiger partial charge in [-0.05, 0) is 33.6 Å². The maximum absolute atomic E-state index is 10.1. The molecule has 15 heavy (non-hydrogen) atoms. The Morgan fingerprint density at radius 1 is 1.27 bits per heavy atom. The molecule has 0 spiro atoms. The van der Waals surface area contributed by atoms with Crippen LogP contribution >= 0.6 is 0 Å². The van der Waals surface area contributed by atoms with Crippen LogP contribution < -0.4 is 0 Å². The summed E-state index contributed by atoms with van der Waals surface area (Å²) >= 11 is 0. The highest BCUT2D eigenvalue weighted by molar-refractivity contribution is 5.67. The Bertz CT molecular complexity index is 248. The van der Waals surface area contributed by atoms with Crippen molar-refractivity contribution in [2.45, 2.75) is 33.6 Å². The van der Waals surface area contributed by atoms with Gasteiger partial charge in [0, 0.05) is 0 Å². The SMILES string of the molecule is CC(C)=CCCC(C)=CCOCC(=O)O. The van der Waals surface area contributed by atoms with E-state index in [1.54, 1.807) is 0 Å². The molecule has 0 radical (unpaired) electrons. The summed E-state index contributed by atoms with van der Waals surface area (Å²) in [7, 11) is 0. The van der Waals surface area contributed by atoms with Gasteiger partial charge in [-0.2, -0.15) is 0 Å². The molecule has 0 aromatic heterocycles. The van der Waals surface area contributed by atoms with Crippen LogP contribution in [0.15, 0.2) is 23.3 Å². The zero-order chi connectivity index (χ0) is 11.7. The van der Waals surface area contributed by atoms with Crippen LogP contribution in [0.4, 0.5) is 0 Å². The third kappa shape index (κ3) is 10.8. The van der Waals surface area contributed by atoms with Crippen LogP contribution in [-0.4, -0.2) is 24.3 Å². The van der Waals surface area contributed by atoms with Crippen LogP contribution in [0.5, 0.6) is 0 Å². The predicted octanol–water partition coefficient (Wildman–Crippen LogP) is 2.78. The second-order valence-corrected chi connectivity index (χ2v) is 3.78. The topological polar surface area (TPSA) is 46.5 Å². The van der Waals surface area contributed by atoms with Crippen LogP contribution in [-0.2, 0) is 9.53 Å². The Hall–Kier alpha value is -1.09. The molecular weight excluding hydrogens is 192 g/mol. The summed E-state index contributed by atoms with van der Waals surface area (Å²) in [5, 5.41) is 8.33. The maximum atomic E-state index is 10.1. The van der Waals surface area contributed by atoms with Gasteiger partial charge in [0.25, 0.3) is 0 Å². The molecule has 0 atom stereocenters. The monoisotopic (exact) mass is 212 g/mol. The molecule has 0 bridgehead atoms. The summed E-state index contributed by atoms with van der Waals surface area (Å²) in [5.41, 5.74) is 2.56. The minimum absolute atomic E-state index is 0.224. The predicted molar refractivity (Wildman–Crippen MR) is 60.9 cm³/mol. The largest absolute Gasteiger partial charge is 0.480 e. The van der Waals surface area contributed by atoms with E-state index in [9.17, 15) is 4.79 Å². The summed E-state index contributed by atoms with van der Waals surface area (Å²) in [6.07, 6.45) is 6.16. The van der Waals surface area contributed by atoms with Crippen LogP contribution in [0.2, 0.25) is 0 Å². The standard InChI is InChI=1S/C12H20O3/c1-10(2)5-4-6-11(3)7-8-15-9-12(13)14/h5,7H,4,6,8-9H2,1-3H3,(H,13,14). The van der Waals surface area contributed by atoms with E-state index in [-0.39, 0.29) is 6.61 Å². The number of allylic oxidation sites excluding steroid dienone is 3. The number of carboxylic acids is 1. The Balaban J connectivity index is 3.61. The van der Waals surface area contributed by atoms with Crippen molar-refractivity contribution in [3.05, 3.63) is 23.3 Å². The van der Waals surface area contributed by atoms with Gasteiger partial charge < -0.3 is 9.84 Å². The Kier molecular flexibility index (Phi) is 7.64. The van der Waals surface area contributed by atoms with Gasteiger partial charge in [0.2, 0.25) is 0 Å². The fourth-order valence-electron chi connectivity index (χ4n) is 1.04. The molecule has 0 rings (SSSR count). The molecule has 0 saturated carbocycles. The zero-order valence-corrected chi connectivity index (χ0v) is 9.75. The van der Waals surface area contributed by atoms with Gasteiger partial charge in [0.15, 0.2) is 0 Å². The number of aliphatic carboxylic acids is 1. The van der Waals surface area contributed by atoms with E-state index < -0.39 is 5.97 Å². The first-order chi connectivity index (χ1) is 7.02. The molecular formula is C12H20O3. The lowest BCUT2D eigenvalue weighted by molar-refractivity contribution is -0.141. The molecule has 0 fully saturated rings. The van der Waals surface area contributed by atoms with Crippen LogP contribution in [0.25, 0.3) is 0 Å². The molecule has 0 amide bonds. The van der Waals surface area contributed by atoms with Crippen molar-refractivity contribution in [2.75, 3.05) is 13.2 Å². The molecule has 1 N–H and O–H groups in total. The fourth-order valence-corrected chi connectivity index (χ4v) is 1.04. The van der Waals surface area contributed by atoms with Crippen LogP contribution in [0, 0.1) is 0 Å². The second-order valence-electron chi connectivity index (χ2n) is 3.78. The van der Waals surface area contributed by atoms with Gasteiger partial charge in [-0.3, -0.25) is 0 Å². The molecule has 0 aliphatic rings. The van der Waals surface area contributed by atoms with Crippen LogP contribution in [0.1, 0.15) is 33.6 Å². The quantitative estimate of drug-likeness (QED) is 0.521. The minimum Gasteiger partial charge on any atom is -0.480 e. The molecule has 0 saturated heterocycles. The van der Waals surface area contributed by atoms with Crippen molar-refractivity contribution >= 4 is 5.97 Å². The van der Waals surface area contributed by atoms with E-state index >= 15 is 0 Å². The molecule has 86 valence electrons. The Morgan fingerprint density at radius 2 is 1.93 bits per heavy atom. The molecule has 0 aliphatic heterocycles. The number of hydrogen-bond acceptors (Lipinski definition) is 2. The minimum atomic E-state index is -0.925. The first-order valence-electron chi connectivity index (χ1n) is 5.11. The number of ether oxygens (including phenoxy) is 1. The van der Waals surface area contributed by atoms with Gasteiger partial charge in [0.05, 0.1) is 6.61 Å². The van der Waals surface area contributed by atoms with Gasteiger partial charge in [-0.25, -0.2) is 4.79 Å². The highest BCUT2D eigenvalue weighted by Crippen LogP contribution is 2.06. The first-order valence-corrected chi connectivity index (χ1v) is 5.11. The lowest BCUT2D eigenvalue weighted by Crippen LogP contribution is -2.06. The van der Waals surface area contributed by atoms with E-state index in [2.05, 4.69) is 19.9 Å². The van der Waals surface area contributed by atoms with Gasteiger partial charge in [-0.15, -0.1) is 0 Å². The van der Waals surface area contributed by atoms with Crippen molar-refractivity contribution in [1.29, 1.82) is 0 Å². The third-order valence-corrected chi connectivity index (χ3v) is 1.87. The van der Waals surface area contributed by atoms with Crippen molar-refractivity contribution in [2.24, 2.45) is 0 Å². The average molecular weight is 212 g/mol. The summed E-state index contributed by atoms with van der Waals surface area (Å²) in [6, 6.07) is 0. The van der Waals surface area contributed by atoms with E-state index in [0.29, 0.717) is 6.61 Å². The van der Waals surface area contributed by atoms with E-state index in [1.165, 1.54) is 11.1 Å². The fraction of sp³-hybridized carbons (Fsp3) is 0.583. The number of hydrogen-bond donors (Lipinski definition) is 1. The summed E-state index contributed by atoms with van der Waals surface area (Å²) in [4.78, 5) is 10.1. The van der Waals surface area contributed by atoms with Crippen molar-refractivity contribution in [1.82, 2.24) is 0 Å². The molecule has 0 aromatic carbocycles. The summed E-state index contributed by atoms with van der Waals surface area (Å²) in [6.45, 7) is 6.34. The second kappa shape index (κ2) is 8.24. The highest BCUT2D eigenvalue weighted by Gasteiger charge is 1.94. The molecule has 0 unspecified atom stereocenters. The average Bonchev–Trinajstić information content (AvgIpc) is 2.11. The Labute approximate surface area is 91.4 Å².